The SMILES string of the molecule is O=C(Oc1ccc(-c2ccc(C(F)(F)F)cn2)cc1)c1cc(C(=O)Oc2ccc(-c3ccc(C(F)(F)F)cn3)cc2)cc(C(=O)Oc2ccc(-c3ccc(C(F)(F)F)cn3)cc2)c1. The second kappa shape index (κ2) is 17.2. The van der Waals surface area contributed by atoms with Gasteiger partial charge in [-0.05, 0) is 127 Å². The van der Waals surface area contributed by atoms with Crippen molar-refractivity contribution in [2.75, 3.05) is 0 Å². The van der Waals surface area contributed by atoms with E-state index in [-0.39, 0.29) is 51.0 Å². The van der Waals surface area contributed by atoms with Crippen LogP contribution in [0.1, 0.15) is 47.8 Å². The van der Waals surface area contributed by atoms with Gasteiger partial charge in [-0.25, -0.2) is 14.4 Å². The molecule has 0 atom stereocenters. The molecule has 0 spiro atoms. The number of aromatic nitrogens is 3. The Balaban J connectivity index is 1.11. The molecule has 7 aromatic rings. The normalized spacial score (nSPS) is 11.8. The number of ether oxygens (including phenoxy) is 3. The maximum absolute atomic E-state index is 13.5. The van der Waals surface area contributed by atoms with E-state index < -0.39 is 53.1 Å². The number of pyridine rings is 3. The number of carbonyl (C=O) groups excluding carboxylic acids is 3. The Labute approximate surface area is 349 Å². The summed E-state index contributed by atoms with van der Waals surface area (Å²) >= 11 is 0. The van der Waals surface area contributed by atoms with Crippen molar-refractivity contribution in [1.82, 2.24) is 15.0 Å². The largest absolute Gasteiger partial charge is 0.423 e. The van der Waals surface area contributed by atoms with Crippen molar-refractivity contribution in [3.8, 4) is 51.0 Å². The van der Waals surface area contributed by atoms with Gasteiger partial charge < -0.3 is 14.2 Å². The van der Waals surface area contributed by atoms with Crippen molar-refractivity contribution in [2.45, 2.75) is 18.5 Å². The van der Waals surface area contributed by atoms with Gasteiger partial charge >= 0.3 is 36.4 Å². The van der Waals surface area contributed by atoms with Gasteiger partial charge in [-0.3, -0.25) is 15.0 Å². The molecule has 0 aliphatic carbocycles. The maximum atomic E-state index is 13.5. The molecule has 7 rings (SSSR count). The van der Waals surface area contributed by atoms with Crippen LogP contribution in [0.2, 0.25) is 0 Å². The van der Waals surface area contributed by atoms with Crippen LogP contribution in [0.4, 0.5) is 39.5 Å². The fourth-order valence-corrected chi connectivity index (χ4v) is 5.76. The fraction of sp³-hybridized carbons (Fsp3) is 0.0667. The number of benzene rings is 4. The highest BCUT2D eigenvalue weighted by atomic mass is 19.4. The topological polar surface area (TPSA) is 118 Å². The average Bonchev–Trinajstić information content (AvgIpc) is 3.26. The number of rotatable bonds is 9. The van der Waals surface area contributed by atoms with Crippen LogP contribution in [-0.2, 0) is 18.5 Å². The molecule has 0 bridgehead atoms. The molecule has 0 aliphatic heterocycles. The van der Waals surface area contributed by atoms with Crippen LogP contribution < -0.4 is 14.2 Å². The summed E-state index contributed by atoms with van der Waals surface area (Å²) < 4.78 is 133. The van der Waals surface area contributed by atoms with Gasteiger partial charge in [0.25, 0.3) is 0 Å². The van der Waals surface area contributed by atoms with Crippen molar-refractivity contribution < 1.29 is 68.1 Å². The Morgan fingerprint density at radius 2 is 0.587 bits per heavy atom. The number of esters is 3. The van der Waals surface area contributed by atoms with Gasteiger partial charge in [0.1, 0.15) is 17.2 Å². The van der Waals surface area contributed by atoms with Gasteiger partial charge in [0.15, 0.2) is 0 Å². The van der Waals surface area contributed by atoms with Crippen LogP contribution in [0.15, 0.2) is 146 Å². The standard InChI is InChI=1S/C45H24F9N3O6/c46-43(47,48)31-7-16-37(55-22-31)25-1-10-34(11-2-25)61-40(58)28-19-29(41(59)62-35-12-3-26(4-13-35)38-17-8-32(23-56-38)44(49,50)51)21-30(20-28)42(60)63-36-14-5-27(6-15-36)39-18-9-33(24-57-39)45(52,53)54/h1-24H. The molecule has 0 amide bonds. The van der Waals surface area contributed by atoms with Crippen LogP contribution in [0.25, 0.3) is 33.8 Å². The van der Waals surface area contributed by atoms with E-state index in [9.17, 15) is 53.9 Å². The molecule has 9 nitrogen and oxygen atoms in total. The molecule has 0 saturated carbocycles. The maximum Gasteiger partial charge on any atom is 0.417 e. The summed E-state index contributed by atoms with van der Waals surface area (Å²) in [6, 6.07) is 26.0. The van der Waals surface area contributed by atoms with Crippen LogP contribution in [-0.4, -0.2) is 32.9 Å². The predicted molar refractivity (Wildman–Crippen MR) is 205 cm³/mol. The van der Waals surface area contributed by atoms with Crippen LogP contribution >= 0.6 is 0 Å². The first-order valence-electron chi connectivity index (χ1n) is 18.0. The van der Waals surface area contributed by atoms with Crippen molar-refractivity contribution in [2.24, 2.45) is 0 Å². The van der Waals surface area contributed by atoms with E-state index in [4.69, 9.17) is 14.2 Å². The number of carbonyl (C=O) groups is 3. The number of hydrogen-bond donors (Lipinski definition) is 0. The lowest BCUT2D eigenvalue weighted by Crippen LogP contribution is -2.16. The van der Waals surface area contributed by atoms with Gasteiger partial charge in [-0.15, -0.1) is 0 Å². The summed E-state index contributed by atoms with van der Waals surface area (Å²) in [5.74, 6) is -3.25. The molecule has 318 valence electrons. The zero-order valence-electron chi connectivity index (χ0n) is 31.5. The second-order valence-corrected chi connectivity index (χ2v) is 13.3. The summed E-state index contributed by atoms with van der Waals surface area (Å²) in [5, 5.41) is 0. The molecule has 63 heavy (non-hydrogen) atoms. The van der Waals surface area contributed by atoms with Gasteiger partial charge in [0, 0.05) is 35.3 Å². The number of halogens is 9. The van der Waals surface area contributed by atoms with E-state index in [1.807, 2.05) is 0 Å². The Bertz CT molecular complexity index is 2460. The Morgan fingerprint density at radius 1 is 0.349 bits per heavy atom. The van der Waals surface area contributed by atoms with Crippen molar-refractivity contribution in [3.05, 3.63) is 179 Å². The highest BCUT2D eigenvalue weighted by molar-refractivity contribution is 6.02. The minimum absolute atomic E-state index is 0.0296. The molecule has 0 fully saturated rings. The Kier molecular flexibility index (Phi) is 11.8. The van der Waals surface area contributed by atoms with Gasteiger partial charge in [0.05, 0.1) is 50.5 Å². The van der Waals surface area contributed by atoms with Crippen molar-refractivity contribution in [3.63, 3.8) is 0 Å². The average molecular weight is 874 g/mol. The smallest absolute Gasteiger partial charge is 0.417 e. The minimum Gasteiger partial charge on any atom is -0.423 e. The number of nitrogens with zero attached hydrogens (tertiary/aromatic N) is 3. The highest BCUT2D eigenvalue weighted by Gasteiger charge is 2.32. The van der Waals surface area contributed by atoms with Crippen molar-refractivity contribution >= 4 is 17.9 Å². The van der Waals surface area contributed by atoms with E-state index in [2.05, 4.69) is 15.0 Å². The molecule has 3 heterocycles. The molecule has 0 unspecified atom stereocenters. The molecule has 0 aliphatic rings. The molecule has 0 saturated heterocycles. The van der Waals surface area contributed by atoms with E-state index in [1.165, 1.54) is 91.0 Å². The third-order valence-corrected chi connectivity index (χ3v) is 8.99. The van der Waals surface area contributed by atoms with E-state index >= 15 is 0 Å². The first kappa shape index (κ1) is 43.2. The highest BCUT2D eigenvalue weighted by Crippen LogP contribution is 2.33. The molecule has 0 N–H and O–H groups in total. The lowest BCUT2D eigenvalue weighted by atomic mass is 10.1. The Morgan fingerprint density at radius 3 is 0.778 bits per heavy atom. The van der Waals surface area contributed by atoms with Crippen molar-refractivity contribution in [1.29, 1.82) is 0 Å². The zero-order chi connectivity index (χ0) is 45.1. The summed E-state index contributed by atoms with van der Waals surface area (Å²) in [4.78, 5) is 51.9. The third-order valence-electron chi connectivity index (χ3n) is 8.99. The van der Waals surface area contributed by atoms with Gasteiger partial charge in [-0.2, -0.15) is 39.5 Å². The van der Waals surface area contributed by atoms with Crippen LogP contribution in [0.5, 0.6) is 17.2 Å². The van der Waals surface area contributed by atoms with Crippen LogP contribution in [0.3, 0.4) is 0 Å². The first-order chi connectivity index (χ1) is 29.8. The number of hydrogen-bond acceptors (Lipinski definition) is 9. The molecular formula is C45H24F9N3O6. The third kappa shape index (κ3) is 10.5. The molecule has 0 radical (unpaired) electrons. The summed E-state index contributed by atoms with van der Waals surface area (Å²) in [6.45, 7) is 0. The Hall–Kier alpha value is -7.89. The summed E-state index contributed by atoms with van der Waals surface area (Å²) in [5.41, 5.74) is -2.00. The first-order valence-corrected chi connectivity index (χ1v) is 18.0. The second-order valence-electron chi connectivity index (χ2n) is 13.3. The monoisotopic (exact) mass is 873 g/mol. The van der Waals surface area contributed by atoms with E-state index in [1.54, 1.807) is 0 Å². The molecular weight excluding hydrogens is 849 g/mol. The quantitative estimate of drug-likeness (QED) is 0.0793. The summed E-state index contributed by atoms with van der Waals surface area (Å²) in [7, 11) is 0. The molecule has 3 aromatic heterocycles. The van der Waals surface area contributed by atoms with Crippen LogP contribution in [0, 0.1) is 0 Å². The molecule has 4 aromatic carbocycles. The lowest BCUT2D eigenvalue weighted by Gasteiger charge is -2.11. The zero-order valence-corrected chi connectivity index (χ0v) is 31.5. The van der Waals surface area contributed by atoms with E-state index in [0.29, 0.717) is 35.3 Å². The predicted octanol–water partition coefficient (Wildman–Crippen LogP) is 11.6. The summed E-state index contributed by atoms with van der Waals surface area (Å²) in [6.07, 6.45) is -11.7. The van der Waals surface area contributed by atoms with Gasteiger partial charge in [-0.1, -0.05) is 0 Å². The molecule has 18 heteroatoms. The number of alkyl halides is 9. The lowest BCUT2D eigenvalue weighted by molar-refractivity contribution is -0.138. The minimum atomic E-state index is -4.58. The van der Waals surface area contributed by atoms with E-state index in [0.717, 1.165) is 36.4 Å². The fourth-order valence-electron chi connectivity index (χ4n) is 5.76. The van der Waals surface area contributed by atoms with Gasteiger partial charge in [0.2, 0.25) is 0 Å².